The first-order valence-electron chi connectivity index (χ1n) is 22.8. The molecule has 0 fully saturated rings. The van der Waals surface area contributed by atoms with Gasteiger partial charge in [0.25, 0.3) is 0 Å². The Bertz CT molecular complexity index is 865. The van der Waals surface area contributed by atoms with E-state index < -0.39 is 6.10 Å². The van der Waals surface area contributed by atoms with Crippen LogP contribution in [-0.4, -0.2) is 37.2 Å². The highest BCUT2D eigenvalue weighted by Gasteiger charge is 2.19. The molecule has 0 aromatic carbocycles. The molecule has 0 aromatic rings. The lowest BCUT2D eigenvalue weighted by atomic mass is 10.0. The van der Waals surface area contributed by atoms with Gasteiger partial charge in [-0.2, -0.15) is 0 Å². The van der Waals surface area contributed by atoms with Gasteiger partial charge in [0.1, 0.15) is 13.2 Å². The molecule has 0 aliphatic carbocycles. The van der Waals surface area contributed by atoms with Crippen molar-refractivity contribution in [3.63, 3.8) is 0 Å². The largest absolute Gasteiger partial charge is 0.462 e. The molecule has 0 radical (unpaired) electrons. The van der Waals surface area contributed by atoms with Gasteiger partial charge >= 0.3 is 17.9 Å². The van der Waals surface area contributed by atoms with Gasteiger partial charge in [-0.15, -0.1) is 0 Å². The number of esters is 3. The average molecular weight is 747 g/mol. The third-order valence-corrected chi connectivity index (χ3v) is 9.96. The lowest BCUT2D eigenvalue weighted by molar-refractivity contribution is -0.167. The topological polar surface area (TPSA) is 78.9 Å². The molecule has 0 aromatic heterocycles. The third-order valence-electron chi connectivity index (χ3n) is 9.96. The van der Waals surface area contributed by atoms with Crippen LogP contribution in [0.3, 0.4) is 0 Å². The zero-order valence-corrected chi connectivity index (χ0v) is 35.3. The van der Waals surface area contributed by atoms with E-state index in [4.69, 9.17) is 14.2 Å². The van der Waals surface area contributed by atoms with Crippen LogP contribution in [0.4, 0.5) is 0 Å². The van der Waals surface area contributed by atoms with Gasteiger partial charge in [0, 0.05) is 19.3 Å². The van der Waals surface area contributed by atoms with E-state index in [-0.39, 0.29) is 31.1 Å². The molecule has 0 bridgehead atoms. The van der Waals surface area contributed by atoms with Crippen LogP contribution >= 0.6 is 0 Å². The van der Waals surface area contributed by atoms with Crippen molar-refractivity contribution in [2.24, 2.45) is 0 Å². The first-order valence-corrected chi connectivity index (χ1v) is 22.8. The predicted octanol–water partition coefficient (Wildman–Crippen LogP) is 14.4. The zero-order chi connectivity index (χ0) is 38.7. The SMILES string of the molecule is CCCCC/C=C\C/C=C\CCCCCCCC(=O)OCC(COC(=O)CCCCCCC)OC(=O)CCCCCCCCCCCCCCCCC. The van der Waals surface area contributed by atoms with Crippen molar-refractivity contribution in [1.82, 2.24) is 0 Å². The Kier molecular flexibility index (Phi) is 40.9. The summed E-state index contributed by atoms with van der Waals surface area (Å²) in [5, 5.41) is 0. The van der Waals surface area contributed by atoms with E-state index in [1.54, 1.807) is 0 Å². The number of hydrogen-bond donors (Lipinski definition) is 0. The summed E-state index contributed by atoms with van der Waals surface area (Å²) in [7, 11) is 0. The molecule has 0 spiro atoms. The molecule has 0 saturated carbocycles. The molecule has 53 heavy (non-hydrogen) atoms. The van der Waals surface area contributed by atoms with Gasteiger partial charge in [-0.25, -0.2) is 0 Å². The van der Waals surface area contributed by atoms with E-state index in [1.807, 2.05) is 0 Å². The fraction of sp³-hybridized carbons (Fsp3) is 0.851. The predicted molar refractivity (Wildman–Crippen MR) is 224 cm³/mol. The summed E-state index contributed by atoms with van der Waals surface area (Å²) in [6, 6.07) is 0. The molecule has 0 saturated heterocycles. The number of carbonyl (C=O) groups is 3. The highest BCUT2D eigenvalue weighted by atomic mass is 16.6. The molecular weight excluding hydrogens is 661 g/mol. The molecule has 0 rings (SSSR count). The Labute approximate surface area is 328 Å². The smallest absolute Gasteiger partial charge is 0.306 e. The van der Waals surface area contributed by atoms with Crippen LogP contribution in [0.25, 0.3) is 0 Å². The van der Waals surface area contributed by atoms with Crippen molar-refractivity contribution in [3.8, 4) is 0 Å². The Morgan fingerprint density at radius 1 is 0.377 bits per heavy atom. The standard InChI is InChI=1S/C47H86O6/c1-4-7-10-13-15-17-19-21-23-25-27-29-31-34-37-40-46(49)52-43-44(42-51-45(48)39-36-33-12-9-6-3)53-47(50)41-38-35-32-30-28-26-24-22-20-18-16-14-11-8-5-2/h15,17,21,23,44H,4-14,16,18-20,22,24-43H2,1-3H3/b17-15-,23-21-. The van der Waals surface area contributed by atoms with Crippen molar-refractivity contribution in [2.45, 2.75) is 245 Å². The van der Waals surface area contributed by atoms with Crippen LogP contribution < -0.4 is 0 Å². The van der Waals surface area contributed by atoms with Crippen LogP contribution in [0, 0.1) is 0 Å². The normalized spacial score (nSPS) is 12.1. The summed E-state index contributed by atoms with van der Waals surface area (Å²) in [6.07, 6.45) is 46.1. The monoisotopic (exact) mass is 747 g/mol. The number of allylic oxidation sites excluding steroid dienone is 4. The molecule has 0 aliphatic heterocycles. The summed E-state index contributed by atoms with van der Waals surface area (Å²) >= 11 is 0. The van der Waals surface area contributed by atoms with Crippen LogP contribution in [0.5, 0.6) is 0 Å². The van der Waals surface area contributed by atoms with Crippen LogP contribution in [0.2, 0.25) is 0 Å². The average Bonchev–Trinajstić information content (AvgIpc) is 3.15. The Balaban J connectivity index is 4.22. The van der Waals surface area contributed by atoms with Gasteiger partial charge in [-0.3, -0.25) is 14.4 Å². The second-order valence-electron chi connectivity index (χ2n) is 15.3. The van der Waals surface area contributed by atoms with Gasteiger partial charge in [0.15, 0.2) is 6.10 Å². The van der Waals surface area contributed by atoms with Gasteiger partial charge in [0.05, 0.1) is 0 Å². The minimum Gasteiger partial charge on any atom is -0.462 e. The maximum Gasteiger partial charge on any atom is 0.306 e. The molecule has 0 heterocycles. The van der Waals surface area contributed by atoms with Crippen molar-refractivity contribution in [3.05, 3.63) is 24.3 Å². The maximum atomic E-state index is 12.7. The van der Waals surface area contributed by atoms with Crippen LogP contribution in [0.1, 0.15) is 239 Å². The first-order chi connectivity index (χ1) is 26.0. The molecule has 6 nitrogen and oxygen atoms in total. The summed E-state index contributed by atoms with van der Waals surface area (Å²) in [5.41, 5.74) is 0. The Hall–Kier alpha value is -2.11. The van der Waals surface area contributed by atoms with E-state index in [9.17, 15) is 14.4 Å². The van der Waals surface area contributed by atoms with E-state index in [2.05, 4.69) is 45.1 Å². The molecule has 0 amide bonds. The number of ether oxygens (including phenoxy) is 3. The first kappa shape index (κ1) is 50.9. The number of rotatable bonds is 41. The van der Waals surface area contributed by atoms with Crippen LogP contribution in [0.15, 0.2) is 24.3 Å². The van der Waals surface area contributed by atoms with Crippen molar-refractivity contribution in [2.75, 3.05) is 13.2 Å². The zero-order valence-electron chi connectivity index (χ0n) is 35.3. The highest BCUT2D eigenvalue weighted by molar-refractivity contribution is 5.71. The summed E-state index contributed by atoms with van der Waals surface area (Å²) in [6.45, 7) is 6.52. The lowest BCUT2D eigenvalue weighted by Crippen LogP contribution is -2.30. The number of hydrogen-bond acceptors (Lipinski definition) is 6. The number of unbranched alkanes of at least 4 members (excludes halogenated alkanes) is 26. The fourth-order valence-electron chi connectivity index (χ4n) is 6.47. The van der Waals surface area contributed by atoms with Gasteiger partial charge in [-0.1, -0.05) is 193 Å². The van der Waals surface area contributed by atoms with Crippen molar-refractivity contribution >= 4 is 17.9 Å². The van der Waals surface area contributed by atoms with Gasteiger partial charge in [0.2, 0.25) is 0 Å². The third kappa shape index (κ3) is 40.9. The highest BCUT2D eigenvalue weighted by Crippen LogP contribution is 2.15. The van der Waals surface area contributed by atoms with Gasteiger partial charge in [-0.05, 0) is 51.4 Å². The molecule has 1 unspecified atom stereocenters. The molecule has 0 N–H and O–H groups in total. The van der Waals surface area contributed by atoms with Crippen molar-refractivity contribution < 1.29 is 28.6 Å². The molecule has 6 heteroatoms. The summed E-state index contributed by atoms with van der Waals surface area (Å²) in [5.74, 6) is -0.895. The number of carbonyl (C=O) groups excluding carboxylic acids is 3. The quantitative estimate of drug-likeness (QED) is 0.0268. The van der Waals surface area contributed by atoms with E-state index in [1.165, 1.54) is 116 Å². The Morgan fingerprint density at radius 2 is 0.679 bits per heavy atom. The second-order valence-corrected chi connectivity index (χ2v) is 15.3. The van der Waals surface area contributed by atoms with E-state index in [0.29, 0.717) is 19.3 Å². The minimum absolute atomic E-state index is 0.0740. The van der Waals surface area contributed by atoms with Crippen LogP contribution in [-0.2, 0) is 28.6 Å². The van der Waals surface area contributed by atoms with E-state index >= 15 is 0 Å². The summed E-state index contributed by atoms with van der Waals surface area (Å²) < 4.78 is 16.6. The fourth-order valence-corrected chi connectivity index (χ4v) is 6.47. The second kappa shape index (κ2) is 42.6. The van der Waals surface area contributed by atoms with Crippen molar-refractivity contribution in [1.29, 1.82) is 0 Å². The molecular formula is C47H86O6. The Morgan fingerprint density at radius 3 is 1.08 bits per heavy atom. The van der Waals surface area contributed by atoms with E-state index in [0.717, 1.165) is 83.5 Å². The maximum absolute atomic E-state index is 12.7. The summed E-state index contributed by atoms with van der Waals surface area (Å²) in [4.78, 5) is 37.5. The molecule has 1 atom stereocenters. The molecule has 310 valence electrons. The molecule has 0 aliphatic rings. The lowest BCUT2D eigenvalue weighted by Gasteiger charge is -2.18. The minimum atomic E-state index is -0.767. The van der Waals surface area contributed by atoms with Gasteiger partial charge < -0.3 is 14.2 Å².